The van der Waals surface area contributed by atoms with Crippen molar-refractivity contribution in [1.29, 1.82) is 0 Å². The summed E-state index contributed by atoms with van der Waals surface area (Å²) >= 11 is 0. The fourth-order valence-corrected chi connectivity index (χ4v) is 3.49. The standard InChI is InChI=1S/C21H15FN4/c22-19-9-14(8-13-4-1-2-5-16(13)19)17-10-18(17)15-11-25-21(26-12-15)20-23-6-3-7-24-20/h1-9,11-12,17-18H,10H2/t17-,18-/m0/s1. The third-order valence-electron chi connectivity index (χ3n) is 4.92. The number of hydrogen-bond acceptors (Lipinski definition) is 4. The third kappa shape index (κ3) is 2.62. The molecule has 0 bridgehead atoms. The highest BCUT2D eigenvalue weighted by atomic mass is 19.1. The summed E-state index contributed by atoms with van der Waals surface area (Å²) in [5, 5.41) is 1.62. The molecule has 0 spiro atoms. The molecule has 2 heterocycles. The largest absolute Gasteiger partial charge is 0.234 e. The van der Waals surface area contributed by atoms with Crippen LogP contribution in [-0.4, -0.2) is 19.9 Å². The van der Waals surface area contributed by atoms with Gasteiger partial charge >= 0.3 is 0 Å². The summed E-state index contributed by atoms with van der Waals surface area (Å²) in [6.45, 7) is 0. The summed E-state index contributed by atoms with van der Waals surface area (Å²) in [6.07, 6.45) is 8.00. The monoisotopic (exact) mass is 342 g/mol. The molecule has 0 radical (unpaired) electrons. The van der Waals surface area contributed by atoms with E-state index in [1.54, 1.807) is 24.5 Å². The molecule has 4 nitrogen and oxygen atoms in total. The Morgan fingerprint density at radius 2 is 1.46 bits per heavy atom. The highest BCUT2D eigenvalue weighted by molar-refractivity contribution is 5.84. The van der Waals surface area contributed by atoms with E-state index >= 15 is 0 Å². The molecule has 5 heteroatoms. The molecule has 2 atom stereocenters. The van der Waals surface area contributed by atoms with Gasteiger partial charge in [-0.2, -0.15) is 0 Å². The molecule has 0 aliphatic heterocycles. The van der Waals surface area contributed by atoms with Crippen molar-refractivity contribution in [3.8, 4) is 11.6 Å². The van der Waals surface area contributed by atoms with Crippen LogP contribution >= 0.6 is 0 Å². The van der Waals surface area contributed by atoms with E-state index in [0.717, 1.165) is 22.9 Å². The first-order valence-electron chi connectivity index (χ1n) is 8.57. The number of nitrogens with zero attached hydrogens (tertiary/aromatic N) is 4. The average molecular weight is 342 g/mol. The molecule has 0 N–H and O–H groups in total. The summed E-state index contributed by atoms with van der Waals surface area (Å²) in [4.78, 5) is 17.1. The van der Waals surface area contributed by atoms with E-state index in [4.69, 9.17) is 0 Å². The van der Waals surface area contributed by atoms with Crippen LogP contribution in [0, 0.1) is 5.82 Å². The fraction of sp³-hybridized carbons (Fsp3) is 0.143. The van der Waals surface area contributed by atoms with Gasteiger partial charge in [0.25, 0.3) is 0 Å². The molecule has 0 saturated heterocycles. The lowest BCUT2D eigenvalue weighted by Crippen LogP contribution is -1.96. The molecule has 0 unspecified atom stereocenters. The lowest BCUT2D eigenvalue weighted by atomic mass is 10.0. The SMILES string of the molecule is Fc1cc([C@@H]2C[C@H]2c2cnc(-c3ncccn3)nc2)cc2ccccc12. The van der Waals surface area contributed by atoms with Gasteiger partial charge in [-0.05, 0) is 46.9 Å². The molecule has 1 aliphatic rings. The Kier molecular flexibility index (Phi) is 3.45. The van der Waals surface area contributed by atoms with Crippen LogP contribution in [0.1, 0.15) is 29.4 Å². The van der Waals surface area contributed by atoms with Crippen molar-refractivity contribution in [1.82, 2.24) is 19.9 Å². The molecule has 2 aromatic carbocycles. The second kappa shape index (κ2) is 5.95. The van der Waals surface area contributed by atoms with Gasteiger partial charge in [-0.15, -0.1) is 0 Å². The molecule has 4 aromatic rings. The normalized spacial score (nSPS) is 18.8. The van der Waals surface area contributed by atoms with E-state index in [2.05, 4.69) is 26.0 Å². The Labute approximate surface area is 149 Å². The first kappa shape index (κ1) is 15.1. The van der Waals surface area contributed by atoms with Crippen LogP contribution in [0.3, 0.4) is 0 Å². The molecule has 126 valence electrons. The predicted molar refractivity (Wildman–Crippen MR) is 97.1 cm³/mol. The smallest absolute Gasteiger partial charge is 0.197 e. The van der Waals surface area contributed by atoms with Crippen molar-refractivity contribution in [2.75, 3.05) is 0 Å². The molecule has 0 amide bonds. The van der Waals surface area contributed by atoms with Crippen molar-refractivity contribution in [3.63, 3.8) is 0 Å². The minimum Gasteiger partial charge on any atom is -0.234 e. The topological polar surface area (TPSA) is 51.6 Å². The predicted octanol–water partition coefficient (Wildman–Crippen LogP) is 4.50. The van der Waals surface area contributed by atoms with Crippen LogP contribution in [-0.2, 0) is 0 Å². The number of fused-ring (bicyclic) bond motifs is 1. The number of benzene rings is 2. The minimum atomic E-state index is -0.156. The van der Waals surface area contributed by atoms with Gasteiger partial charge in [-0.25, -0.2) is 24.3 Å². The van der Waals surface area contributed by atoms with Crippen molar-refractivity contribution < 1.29 is 4.39 Å². The average Bonchev–Trinajstić information content (AvgIpc) is 3.50. The minimum absolute atomic E-state index is 0.156. The maximum Gasteiger partial charge on any atom is 0.197 e. The van der Waals surface area contributed by atoms with Crippen LogP contribution in [0.15, 0.2) is 67.3 Å². The zero-order valence-corrected chi connectivity index (χ0v) is 13.9. The Balaban J connectivity index is 1.40. The Morgan fingerprint density at radius 1 is 0.769 bits per heavy atom. The second-order valence-electron chi connectivity index (χ2n) is 6.58. The summed E-state index contributed by atoms with van der Waals surface area (Å²) in [5.74, 6) is 1.53. The van der Waals surface area contributed by atoms with Gasteiger partial charge in [0.2, 0.25) is 0 Å². The van der Waals surface area contributed by atoms with Gasteiger partial charge in [-0.3, -0.25) is 0 Å². The highest BCUT2D eigenvalue weighted by Crippen LogP contribution is 2.54. The number of hydrogen-bond donors (Lipinski definition) is 0. The first-order chi connectivity index (χ1) is 12.8. The van der Waals surface area contributed by atoms with E-state index in [1.807, 2.05) is 36.7 Å². The Hall–Kier alpha value is -3.21. The number of halogens is 1. The molecule has 2 aromatic heterocycles. The maximum atomic E-state index is 14.4. The number of aromatic nitrogens is 4. The van der Waals surface area contributed by atoms with Crippen LogP contribution in [0.2, 0.25) is 0 Å². The van der Waals surface area contributed by atoms with Crippen molar-refractivity contribution in [2.45, 2.75) is 18.3 Å². The highest BCUT2D eigenvalue weighted by Gasteiger charge is 2.40. The number of rotatable bonds is 3. The fourth-order valence-electron chi connectivity index (χ4n) is 3.49. The molecule has 1 saturated carbocycles. The first-order valence-corrected chi connectivity index (χ1v) is 8.57. The Morgan fingerprint density at radius 3 is 2.27 bits per heavy atom. The third-order valence-corrected chi connectivity index (χ3v) is 4.92. The summed E-state index contributed by atoms with van der Waals surface area (Å²) in [5.41, 5.74) is 2.12. The molecular formula is C21H15FN4. The van der Waals surface area contributed by atoms with Crippen LogP contribution in [0.25, 0.3) is 22.4 Å². The van der Waals surface area contributed by atoms with Gasteiger partial charge in [0.05, 0.1) is 0 Å². The summed E-state index contributed by atoms with van der Waals surface area (Å²) in [6, 6.07) is 13.1. The zero-order valence-electron chi connectivity index (χ0n) is 13.9. The summed E-state index contributed by atoms with van der Waals surface area (Å²) < 4.78 is 14.4. The van der Waals surface area contributed by atoms with Gasteiger partial charge in [-0.1, -0.05) is 30.3 Å². The van der Waals surface area contributed by atoms with Crippen LogP contribution < -0.4 is 0 Å². The van der Waals surface area contributed by atoms with Gasteiger partial charge in [0.1, 0.15) is 5.82 Å². The van der Waals surface area contributed by atoms with Crippen LogP contribution in [0.4, 0.5) is 4.39 Å². The van der Waals surface area contributed by atoms with Gasteiger partial charge in [0.15, 0.2) is 11.6 Å². The van der Waals surface area contributed by atoms with Crippen molar-refractivity contribution >= 4 is 10.8 Å². The zero-order chi connectivity index (χ0) is 17.5. The summed E-state index contributed by atoms with van der Waals surface area (Å²) in [7, 11) is 0. The molecule has 1 fully saturated rings. The second-order valence-corrected chi connectivity index (χ2v) is 6.58. The molecule has 26 heavy (non-hydrogen) atoms. The van der Waals surface area contributed by atoms with E-state index in [0.29, 0.717) is 28.9 Å². The van der Waals surface area contributed by atoms with Crippen LogP contribution in [0.5, 0.6) is 0 Å². The van der Waals surface area contributed by atoms with E-state index in [1.165, 1.54) is 0 Å². The quantitative estimate of drug-likeness (QED) is 0.550. The van der Waals surface area contributed by atoms with Crippen molar-refractivity contribution in [2.24, 2.45) is 0 Å². The van der Waals surface area contributed by atoms with E-state index in [9.17, 15) is 4.39 Å². The van der Waals surface area contributed by atoms with Crippen molar-refractivity contribution in [3.05, 3.63) is 84.2 Å². The lowest BCUT2D eigenvalue weighted by Gasteiger charge is -2.06. The Bertz CT molecular complexity index is 1080. The molecular weight excluding hydrogens is 327 g/mol. The molecule has 5 rings (SSSR count). The maximum absolute atomic E-state index is 14.4. The van der Waals surface area contributed by atoms with E-state index in [-0.39, 0.29) is 5.82 Å². The van der Waals surface area contributed by atoms with Gasteiger partial charge < -0.3 is 0 Å². The lowest BCUT2D eigenvalue weighted by molar-refractivity contribution is 0.637. The molecule has 1 aliphatic carbocycles. The van der Waals surface area contributed by atoms with Gasteiger partial charge in [0, 0.05) is 30.2 Å². The van der Waals surface area contributed by atoms with E-state index < -0.39 is 0 Å².